The summed E-state index contributed by atoms with van der Waals surface area (Å²) in [5.74, 6) is -1.04. The van der Waals surface area contributed by atoms with Crippen LogP contribution in [0, 0.1) is 0 Å². The molecular formula is C10H14N2O3. The number of nitrogens with zero attached hydrogens (tertiary/aromatic N) is 1. The highest BCUT2D eigenvalue weighted by atomic mass is 16.4. The number of hydrogen-bond donors (Lipinski definition) is 2. The van der Waals surface area contributed by atoms with Crippen molar-refractivity contribution in [3.8, 4) is 0 Å². The molecule has 1 rings (SSSR count). The van der Waals surface area contributed by atoms with Crippen molar-refractivity contribution in [3.63, 3.8) is 0 Å². The van der Waals surface area contributed by atoms with E-state index in [0.717, 1.165) is 5.56 Å². The van der Waals surface area contributed by atoms with Crippen LogP contribution in [0.5, 0.6) is 0 Å². The number of hydrogen-bond acceptors (Lipinski definition) is 3. The molecule has 5 heteroatoms. The molecule has 82 valence electrons. The van der Waals surface area contributed by atoms with Crippen LogP contribution < -0.4 is 11.3 Å². The Morgan fingerprint density at radius 2 is 2.27 bits per heavy atom. The summed E-state index contributed by atoms with van der Waals surface area (Å²) in [7, 11) is 0. The predicted molar refractivity (Wildman–Crippen MR) is 55.7 cm³/mol. The van der Waals surface area contributed by atoms with Gasteiger partial charge < -0.3 is 15.4 Å². The average molecular weight is 210 g/mol. The van der Waals surface area contributed by atoms with Crippen molar-refractivity contribution >= 4 is 5.97 Å². The fourth-order valence-corrected chi connectivity index (χ4v) is 1.29. The van der Waals surface area contributed by atoms with Gasteiger partial charge in [0, 0.05) is 18.8 Å². The summed E-state index contributed by atoms with van der Waals surface area (Å²) >= 11 is 0. The standard InChI is InChI=1S/C10H14N2O3/c1-2-12-6-7(3-4-9(12)13)5-8(11)10(14)15/h3-4,6,8H,2,5,11H2,1H3,(H,14,15)/t8-/m0/s1. The molecule has 0 amide bonds. The number of carboxylic acids is 1. The first-order valence-electron chi connectivity index (χ1n) is 4.72. The van der Waals surface area contributed by atoms with Gasteiger partial charge in [-0.2, -0.15) is 0 Å². The minimum atomic E-state index is -1.04. The van der Waals surface area contributed by atoms with Crippen molar-refractivity contribution in [1.29, 1.82) is 0 Å². The molecule has 0 fully saturated rings. The van der Waals surface area contributed by atoms with Gasteiger partial charge in [0.2, 0.25) is 0 Å². The Morgan fingerprint density at radius 3 is 2.80 bits per heavy atom. The van der Waals surface area contributed by atoms with Crippen molar-refractivity contribution in [1.82, 2.24) is 4.57 Å². The van der Waals surface area contributed by atoms with Gasteiger partial charge in [-0.3, -0.25) is 9.59 Å². The smallest absolute Gasteiger partial charge is 0.320 e. The van der Waals surface area contributed by atoms with E-state index in [2.05, 4.69) is 0 Å². The van der Waals surface area contributed by atoms with Crippen molar-refractivity contribution in [3.05, 3.63) is 34.2 Å². The van der Waals surface area contributed by atoms with E-state index in [0.29, 0.717) is 6.54 Å². The molecule has 0 spiro atoms. The predicted octanol–water partition coefficient (Wildman–Crippen LogP) is -0.177. The first kappa shape index (κ1) is 11.5. The first-order chi connectivity index (χ1) is 7.04. The normalized spacial score (nSPS) is 12.4. The lowest BCUT2D eigenvalue weighted by Gasteiger charge is -2.08. The zero-order valence-corrected chi connectivity index (χ0v) is 8.51. The van der Waals surface area contributed by atoms with E-state index in [1.165, 1.54) is 10.6 Å². The number of aryl methyl sites for hydroxylation is 1. The molecule has 1 heterocycles. The summed E-state index contributed by atoms with van der Waals surface area (Å²) in [5, 5.41) is 8.63. The van der Waals surface area contributed by atoms with Gasteiger partial charge in [0.05, 0.1) is 0 Å². The van der Waals surface area contributed by atoms with Crippen molar-refractivity contribution in [2.24, 2.45) is 5.73 Å². The molecule has 0 radical (unpaired) electrons. The van der Waals surface area contributed by atoms with Crippen LogP contribution in [0.2, 0.25) is 0 Å². The van der Waals surface area contributed by atoms with Crippen LogP contribution >= 0.6 is 0 Å². The van der Waals surface area contributed by atoms with Gasteiger partial charge in [-0.1, -0.05) is 6.07 Å². The molecular weight excluding hydrogens is 196 g/mol. The molecule has 1 aromatic rings. The zero-order valence-electron chi connectivity index (χ0n) is 8.51. The van der Waals surface area contributed by atoms with E-state index in [1.54, 1.807) is 12.3 Å². The molecule has 3 N–H and O–H groups in total. The maximum absolute atomic E-state index is 11.2. The van der Waals surface area contributed by atoms with Gasteiger partial charge >= 0.3 is 5.97 Å². The summed E-state index contributed by atoms with van der Waals surface area (Å²) < 4.78 is 1.52. The van der Waals surface area contributed by atoms with Crippen molar-refractivity contribution in [2.75, 3.05) is 0 Å². The minimum absolute atomic E-state index is 0.0925. The summed E-state index contributed by atoms with van der Waals surface area (Å²) in [6.07, 6.45) is 1.88. The maximum Gasteiger partial charge on any atom is 0.320 e. The van der Waals surface area contributed by atoms with Crippen LogP contribution in [-0.2, 0) is 17.8 Å². The second-order valence-electron chi connectivity index (χ2n) is 3.31. The van der Waals surface area contributed by atoms with Crippen LogP contribution in [0.1, 0.15) is 12.5 Å². The third-order valence-corrected chi connectivity index (χ3v) is 2.16. The summed E-state index contributed by atoms with van der Waals surface area (Å²) in [5.41, 5.74) is 6.05. The third-order valence-electron chi connectivity index (χ3n) is 2.16. The van der Waals surface area contributed by atoms with Gasteiger partial charge in [-0.25, -0.2) is 0 Å². The topological polar surface area (TPSA) is 85.3 Å². The summed E-state index contributed by atoms with van der Waals surface area (Å²) in [6.45, 7) is 2.41. The molecule has 1 atom stereocenters. The van der Waals surface area contributed by atoms with Crippen molar-refractivity contribution < 1.29 is 9.90 Å². The fourth-order valence-electron chi connectivity index (χ4n) is 1.29. The lowest BCUT2D eigenvalue weighted by Crippen LogP contribution is -2.32. The highest BCUT2D eigenvalue weighted by Gasteiger charge is 2.12. The van der Waals surface area contributed by atoms with E-state index in [4.69, 9.17) is 10.8 Å². The van der Waals surface area contributed by atoms with E-state index >= 15 is 0 Å². The molecule has 0 bridgehead atoms. The highest BCUT2D eigenvalue weighted by molar-refractivity contribution is 5.73. The highest BCUT2D eigenvalue weighted by Crippen LogP contribution is 2.00. The number of aromatic nitrogens is 1. The molecule has 1 aromatic heterocycles. The Kier molecular flexibility index (Phi) is 3.62. The van der Waals surface area contributed by atoms with E-state index < -0.39 is 12.0 Å². The monoisotopic (exact) mass is 210 g/mol. The second-order valence-corrected chi connectivity index (χ2v) is 3.31. The summed E-state index contributed by atoms with van der Waals surface area (Å²) in [6, 6.07) is 2.11. The average Bonchev–Trinajstić information content (AvgIpc) is 2.20. The van der Waals surface area contributed by atoms with Gasteiger partial charge in [0.15, 0.2) is 0 Å². The van der Waals surface area contributed by atoms with E-state index in [1.807, 2.05) is 6.92 Å². The van der Waals surface area contributed by atoms with Crippen LogP contribution in [0.4, 0.5) is 0 Å². The number of aliphatic carboxylic acids is 1. The molecule has 0 aliphatic carbocycles. The SMILES string of the molecule is CCn1cc(C[C@H](N)C(=O)O)ccc1=O. The quantitative estimate of drug-likeness (QED) is 0.722. The Balaban J connectivity index is 2.87. The first-order valence-corrected chi connectivity index (χ1v) is 4.72. The lowest BCUT2D eigenvalue weighted by atomic mass is 10.1. The van der Waals surface area contributed by atoms with Gasteiger partial charge in [-0.15, -0.1) is 0 Å². The van der Waals surface area contributed by atoms with Gasteiger partial charge in [0.1, 0.15) is 6.04 Å². The van der Waals surface area contributed by atoms with Crippen LogP contribution in [0.25, 0.3) is 0 Å². The molecule has 15 heavy (non-hydrogen) atoms. The third kappa shape index (κ3) is 2.92. The fraction of sp³-hybridized carbons (Fsp3) is 0.400. The number of nitrogens with two attached hydrogens (primary N) is 1. The molecule has 0 aliphatic rings. The lowest BCUT2D eigenvalue weighted by molar-refractivity contribution is -0.138. The number of pyridine rings is 1. The molecule has 0 saturated carbocycles. The number of carboxylic acid groups (broad SMARTS) is 1. The van der Waals surface area contributed by atoms with Crippen LogP contribution in [0.3, 0.4) is 0 Å². The molecule has 0 aromatic carbocycles. The van der Waals surface area contributed by atoms with Crippen molar-refractivity contribution in [2.45, 2.75) is 25.9 Å². The molecule has 0 aliphatic heterocycles. The second kappa shape index (κ2) is 4.75. The van der Waals surface area contributed by atoms with Gasteiger partial charge in [0.25, 0.3) is 5.56 Å². The van der Waals surface area contributed by atoms with Crippen LogP contribution in [0.15, 0.2) is 23.1 Å². The number of rotatable bonds is 4. The molecule has 0 unspecified atom stereocenters. The Bertz CT molecular complexity index is 411. The zero-order chi connectivity index (χ0) is 11.4. The Labute approximate surface area is 87.1 Å². The molecule has 0 saturated heterocycles. The van der Waals surface area contributed by atoms with Gasteiger partial charge in [-0.05, 0) is 18.9 Å². The van der Waals surface area contributed by atoms with E-state index in [-0.39, 0.29) is 12.0 Å². The Morgan fingerprint density at radius 1 is 1.60 bits per heavy atom. The minimum Gasteiger partial charge on any atom is -0.480 e. The van der Waals surface area contributed by atoms with Crippen LogP contribution in [-0.4, -0.2) is 21.7 Å². The summed E-state index contributed by atoms with van der Waals surface area (Å²) in [4.78, 5) is 21.8. The maximum atomic E-state index is 11.2. The number of carbonyl (C=O) groups is 1. The molecule has 5 nitrogen and oxygen atoms in total. The largest absolute Gasteiger partial charge is 0.480 e. The van der Waals surface area contributed by atoms with E-state index in [9.17, 15) is 9.59 Å². The Hall–Kier alpha value is -1.62.